The van der Waals surface area contributed by atoms with E-state index in [1.165, 1.54) is 7.11 Å². The maximum absolute atomic E-state index is 13.9. The standard InChI is InChI=1S/C37H34F6N2O5/c1-19-10-21(11-20(2)33(19)46)12-22(29-6-4-5-9-44-29)7-8-30-31-23(17-49-3)13-27-32(28(31)18-50-30)35(48)45(34(27)47)26-15-24(36(38,39)40)14-25(16-26)37(41,42)43/h4-6,9-12,14-16,27-28,30,32,46H,7-8,13,17-18H2,1-3H3/b22-12-/t27-,28+,30-,32-/m1/s1. The summed E-state index contributed by atoms with van der Waals surface area (Å²) in [6.45, 7) is 3.76. The molecular formula is C37H34F6N2O5. The van der Waals surface area contributed by atoms with Gasteiger partial charge < -0.3 is 14.6 Å². The zero-order valence-corrected chi connectivity index (χ0v) is 27.4. The Morgan fingerprint density at radius 3 is 2.22 bits per heavy atom. The summed E-state index contributed by atoms with van der Waals surface area (Å²) in [7, 11) is 1.47. The molecule has 13 heteroatoms. The van der Waals surface area contributed by atoms with Crippen molar-refractivity contribution in [2.75, 3.05) is 25.2 Å². The molecule has 0 unspecified atom stereocenters. The van der Waals surface area contributed by atoms with Crippen LogP contribution in [0.25, 0.3) is 11.6 Å². The molecule has 1 N–H and O–H groups in total. The number of carbonyl (C=O) groups excluding carboxylic acids is 2. The summed E-state index contributed by atoms with van der Waals surface area (Å²) in [6, 6.07) is 10.0. The number of ether oxygens (including phenoxy) is 2. The van der Waals surface area contributed by atoms with E-state index in [2.05, 4.69) is 4.98 Å². The van der Waals surface area contributed by atoms with E-state index in [1.807, 2.05) is 44.2 Å². The van der Waals surface area contributed by atoms with E-state index in [-0.39, 0.29) is 31.5 Å². The highest BCUT2D eigenvalue weighted by atomic mass is 19.4. The van der Waals surface area contributed by atoms with Crippen molar-refractivity contribution in [2.45, 2.75) is 51.6 Å². The Morgan fingerprint density at radius 2 is 1.64 bits per heavy atom. The molecule has 2 amide bonds. The Labute approximate surface area is 284 Å². The number of nitrogens with zero attached hydrogens (tertiary/aromatic N) is 2. The number of hydrogen-bond acceptors (Lipinski definition) is 6. The van der Waals surface area contributed by atoms with E-state index in [1.54, 1.807) is 12.3 Å². The monoisotopic (exact) mass is 700 g/mol. The van der Waals surface area contributed by atoms with Gasteiger partial charge in [0.05, 0.1) is 53.7 Å². The molecule has 3 heterocycles. The maximum Gasteiger partial charge on any atom is 0.416 e. The fourth-order valence-corrected chi connectivity index (χ4v) is 7.49. The quantitative estimate of drug-likeness (QED) is 0.146. The Morgan fingerprint density at radius 1 is 0.980 bits per heavy atom. The van der Waals surface area contributed by atoms with Gasteiger partial charge in [-0.3, -0.25) is 14.6 Å². The average molecular weight is 701 g/mol. The normalized spacial score (nSPS) is 22.7. The van der Waals surface area contributed by atoms with E-state index in [0.717, 1.165) is 28.0 Å². The molecule has 2 saturated heterocycles. The molecular weight excluding hydrogens is 666 g/mol. The van der Waals surface area contributed by atoms with Crippen LogP contribution in [0.2, 0.25) is 0 Å². The molecule has 50 heavy (non-hydrogen) atoms. The van der Waals surface area contributed by atoms with E-state index in [4.69, 9.17) is 9.47 Å². The number of allylic oxidation sites excluding steroid dienone is 1. The summed E-state index contributed by atoms with van der Waals surface area (Å²) in [5.74, 6) is -4.15. The van der Waals surface area contributed by atoms with Crippen molar-refractivity contribution in [3.63, 3.8) is 0 Å². The number of alkyl halides is 6. The minimum absolute atomic E-state index is 0.0367. The largest absolute Gasteiger partial charge is 0.507 e. The van der Waals surface area contributed by atoms with Crippen LogP contribution in [0.4, 0.5) is 32.0 Å². The highest BCUT2D eigenvalue weighted by molar-refractivity contribution is 6.22. The minimum Gasteiger partial charge on any atom is -0.507 e. The van der Waals surface area contributed by atoms with Gasteiger partial charge in [0.2, 0.25) is 11.8 Å². The predicted octanol–water partition coefficient (Wildman–Crippen LogP) is 7.93. The van der Waals surface area contributed by atoms with Crippen LogP contribution in [0.1, 0.15) is 52.8 Å². The van der Waals surface area contributed by atoms with Crippen molar-refractivity contribution in [2.24, 2.45) is 17.8 Å². The molecule has 0 saturated carbocycles. The lowest BCUT2D eigenvalue weighted by atomic mass is 9.69. The number of amides is 2. The maximum atomic E-state index is 13.9. The molecule has 4 atom stereocenters. The summed E-state index contributed by atoms with van der Waals surface area (Å²) in [5.41, 5.74) is 1.40. The molecule has 264 valence electrons. The number of pyridine rings is 1. The number of phenols is 1. The smallest absolute Gasteiger partial charge is 0.416 e. The molecule has 6 rings (SSSR count). The highest BCUT2D eigenvalue weighted by Gasteiger charge is 2.57. The zero-order valence-electron chi connectivity index (χ0n) is 27.4. The first-order valence-corrected chi connectivity index (χ1v) is 16.0. The summed E-state index contributed by atoms with van der Waals surface area (Å²) in [5, 5.41) is 10.3. The lowest BCUT2D eigenvalue weighted by Gasteiger charge is -2.31. The number of methoxy groups -OCH3 is 1. The molecule has 2 fully saturated rings. The van der Waals surface area contributed by atoms with Gasteiger partial charge in [0.25, 0.3) is 0 Å². The van der Waals surface area contributed by atoms with Gasteiger partial charge in [0.15, 0.2) is 0 Å². The van der Waals surface area contributed by atoms with Crippen LogP contribution < -0.4 is 4.90 Å². The molecule has 3 aliphatic rings. The number of fused-ring (bicyclic) bond motifs is 3. The number of hydrogen-bond donors (Lipinski definition) is 1. The molecule has 1 aromatic heterocycles. The molecule has 7 nitrogen and oxygen atoms in total. The molecule has 0 spiro atoms. The van der Waals surface area contributed by atoms with E-state index in [0.29, 0.717) is 41.0 Å². The Hall–Kier alpha value is -4.49. The van der Waals surface area contributed by atoms with Gasteiger partial charge in [-0.2, -0.15) is 26.3 Å². The van der Waals surface area contributed by atoms with E-state index in [9.17, 15) is 41.0 Å². The van der Waals surface area contributed by atoms with Crippen LogP contribution in [-0.2, 0) is 31.4 Å². The number of aromatic hydroxyl groups is 1. The SMILES string of the molecule is COCC1=C2[C@@H](CC/C(=C/c3cc(C)c(O)c(C)c3)c3ccccn3)OC[C@@H]2[C@@H]2C(=O)N(c3cc(C(F)(F)F)cc(C(F)(F)F)c3)C(=O)[C@@H]2C1. The number of rotatable bonds is 8. The van der Waals surface area contributed by atoms with Gasteiger partial charge in [-0.25, -0.2) is 4.90 Å². The molecule has 3 aromatic rings. The summed E-state index contributed by atoms with van der Waals surface area (Å²) in [6.07, 6.45) is -6.16. The van der Waals surface area contributed by atoms with E-state index >= 15 is 0 Å². The first-order valence-electron chi connectivity index (χ1n) is 16.0. The number of carbonyl (C=O) groups is 2. The van der Waals surface area contributed by atoms with Crippen molar-refractivity contribution in [3.8, 4) is 5.75 Å². The van der Waals surface area contributed by atoms with Crippen molar-refractivity contribution < 1.29 is 50.5 Å². The van der Waals surface area contributed by atoms with Gasteiger partial charge in [-0.15, -0.1) is 0 Å². The van der Waals surface area contributed by atoms with Crippen molar-refractivity contribution in [1.82, 2.24) is 4.98 Å². The second-order valence-corrected chi connectivity index (χ2v) is 13.0. The van der Waals surface area contributed by atoms with Crippen molar-refractivity contribution in [3.05, 3.63) is 99.4 Å². The van der Waals surface area contributed by atoms with Gasteiger partial charge >= 0.3 is 12.4 Å². The molecule has 0 bridgehead atoms. The minimum atomic E-state index is -5.15. The third kappa shape index (κ3) is 6.68. The lowest BCUT2D eigenvalue weighted by Crippen LogP contribution is -2.35. The molecule has 0 radical (unpaired) electrons. The summed E-state index contributed by atoms with van der Waals surface area (Å²) >= 11 is 0. The lowest BCUT2D eigenvalue weighted by molar-refractivity contribution is -0.143. The van der Waals surface area contributed by atoms with Gasteiger partial charge in [-0.05, 0) is 115 Å². The van der Waals surface area contributed by atoms with Crippen LogP contribution in [0.15, 0.2) is 65.9 Å². The fraction of sp³-hybridized carbons (Fsp3) is 0.378. The van der Waals surface area contributed by atoms with Crippen molar-refractivity contribution >= 4 is 29.2 Å². The Kier molecular flexibility index (Phi) is 9.42. The van der Waals surface area contributed by atoms with Crippen LogP contribution in [-0.4, -0.2) is 48.3 Å². The number of phenolic OH excluding ortho intramolecular Hbond substituents is 1. The highest BCUT2D eigenvalue weighted by Crippen LogP contribution is 2.51. The van der Waals surface area contributed by atoms with Gasteiger partial charge in [0.1, 0.15) is 5.75 Å². The van der Waals surface area contributed by atoms with Crippen LogP contribution in [0.5, 0.6) is 5.75 Å². The molecule has 2 aliphatic heterocycles. The second kappa shape index (κ2) is 13.3. The number of benzene rings is 2. The number of halogens is 6. The predicted molar refractivity (Wildman–Crippen MR) is 172 cm³/mol. The number of aryl methyl sites for hydroxylation is 2. The third-order valence-corrected chi connectivity index (χ3v) is 9.68. The number of anilines is 1. The third-order valence-electron chi connectivity index (χ3n) is 9.68. The average Bonchev–Trinajstić information content (AvgIpc) is 3.59. The molecule has 1 aliphatic carbocycles. The summed E-state index contributed by atoms with van der Waals surface area (Å²) in [4.78, 5) is 32.6. The Bertz CT molecular complexity index is 1830. The second-order valence-electron chi connectivity index (χ2n) is 13.0. The summed E-state index contributed by atoms with van der Waals surface area (Å²) < 4.78 is 93.7. The van der Waals surface area contributed by atoms with Gasteiger partial charge in [0, 0.05) is 19.2 Å². The van der Waals surface area contributed by atoms with Crippen LogP contribution in [0, 0.1) is 31.6 Å². The number of imide groups is 1. The fourth-order valence-electron chi connectivity index (χ4n) is 7.49. The van der Waals surface area contributed by atoms with Gasteiger partial charge in [-0.1, -0.05) is 6.07 Å². The van der Waals surface area contributed by atoms with Crippen LogP contribution >= 0.6 is 0 Å². The Balaban J connectivity index is 1.31. The van der Waals surface area contributed by atoms with Crippen molar-refractivity contribution in [1.29, 1.82) is 0 Å². The van der Waals surface area contributed by atoms with Crippen LogP contribution in [0.3, 0.4) is 0 Å². The molecule has 2 aromatic carbocycles. The first kappa shape index (κ1) is 35.3. The van der Waals surface area contributed by atoms with E-state index < -0.39 is 64.8 Å². The zero-order chi connectivity index (χ0) is 36.1. The topological polar surface area (TPSA) is 89.0 Å². The number of aromatic nitrogens is 1. The first-order chi connectivity index (χ1) is 23.6.